The molecule has 2 aromatic rings. The van der Waals surface area contributed by atoms with E-state index in [9.17, 15) is 14.0 Å². The van der Waals surface area contributed by atoms with Gasteiger partial charge < -0.3 is 10.6 Å². The van der Waals surface area contributed by atoms with E-state index in [-0.39, 0.29) is 17.8 Å². The maximum Gasteiger partial charge on any atom is 0.313 e. The molecule has 1 aliphatic carbocycles. The van der Waals surface area contributed by atoms with Crippen molar-refractivity contribution < 1.29 is 14.0 Å². The number of carbonyl (C=O) groups excluding carboxylic acids is 2. The Bertz CT molecular complexity index is 787. The van der Waals surface area contributed by atoms with Crippen molar-refractivity contribution in [3.8, 4) is 0 Å². The number of aryl methyl sites for hydroxylation is 1. The Hall–Kier alpha value is -2.70. The summed E-state index contributed by atoms with van der Waals surface area (Å²) in [4.78, 5) is 24.3. The molecular formula is C17H19FN4O2. The van der Waals surface area contributed by atoms with Crippen LogP contribution in [0.3, 0.4) is 0 Å². The van der Waals surface area contributed by atoms with Gasteiger partial charge in [-0.3, -0.25) is 14.3 Å². The number of nitrogens with zero attached hydrogens (tertiary/aromatic N) is 2. The van der Waals surface area contributed by atoms with Crippen molar-refractivity contribution in [2.24, 2.45) is 13.0 Å². The van der Waals surface area contributed by atoms with Crippen LogP contribution in [0.15, 0.2) is 30.6 Å². The molecule has 0 spiro atoms. The molecular weight excluding hydrogens is 311 g/mol. The SMILES string of the molecule is C[C@@H]1CCc2c(F)cccc2[C@@H]1NC(=O)C(=O)Nc1cnn(C)c1. The van der Waals surface area contributed by atoms with Crippen molar-refractivity contribution in [2.75, 3.05) is 5.32 Å². The molecule has 0 saturated heterocycles. The number of aromatic nitrogens is 2. The van der Waals surface area contributed by atoms with Gasteiger partial charge in [-0.25, -0.2) is 4.39 Å². The maximum absolute atomic E-state index is 14.0. The number of anilines is 1. The molecule has 126 valence electrons. The monoisotopic (exact) mass is 330 g/mol. The Morgan fingerprint density at radius 3 is 2.83 bits per heavy atom. The fourth-order valence-electron chi connectivity index (χ4n) is 3.08. The highest BCUT2D eigenvalue weighted by Gasteiger charge is 2.31. The molecule has 1 aromatic heterocycles. The first-order chi connectivity index (χ1) is 11.5. The van der Waals surface area contributed by atoms with Gasteiger partial charge in [0.1, 0.15) is 5.82 Å². The van der Waals surface area contributed by atoms with Gasteiger partial charge in [0.2, 0.25) is 0 Å². The van der Waals surface area contributed by atoms with Crippen molar-refractivity contribution in [3.05, 3.63) is 47.5 Å². The summed E-state index contributed by atoms with van der Waals surface area (Å²) in [7, 11) is 1.71. The Labute approximate surface area is 139 Å². The van der Waals surface area contributed by atoms with Gasteiger partial charge in [-0.05, 0) is 36.0 Å². The molecule has 0 unspecified atom stereocenters. The summed E-state index contributed by atoms with van der Waals surface area (Å²) in [5.41, 5.74) is 1.81. The van der Waals surface area contributed by atoms with Crippen LogP contribution in [0, 0.1) is 11.7 Å². The van der Waals surface area contributed by atoms with Crippen LogP contribution in [-0.4, -0.2) is 21.6 Å². The lowest BCUT2D eigenvalue weighted by molar-refractivity contribution is -0.136. The summed E-state index contributed by atoms with van der Waals surface area (Å²) in [5, 5.41) is 9.15. The molecule has 0 fully saturated rings. The lowest BCUT2D eigenvalue weighted by atomic mass is 9.80. The second kappa shape index (κ2) is 6.43. The van der Waals surface area contributed by atoms with Gasteiger partial charge in [-0.1, -0.05) is 19.1 Å². The van der Waals surface area contributed by atoms with Gasteiger partial charge >= 0.3 is 11.8 Å². The van der Waals surface area contributed by atoms with E-state index < -0.39 is 11.8 Å². The van der Waals surface area contributed by atoms with E-state index in [2.05, 4.69) is 15.7 Å². The third-order valence-electron chi connectivity index (χ3n) is 4.36. The van der Waals surface area contributed by atoms with E-state index in [0.717, 1.165) is 12.0 Å². The lowest BCUT2D eigenvalue weighted by Crippen LogP contribution is -2.41. The largest absolute Gasteiger partial charge is 0.341 e. The lowest BCUT2D eigenvalue weighted by Gasteiger charge is -2.32. The number of hydrogen-bond donors (Lipinski definition) is 2. The van der Waals surface area contributed by atoms with Gasteiger partial charge in [-0.15, -0.1) is 0 Å². The number of nitrogens with one attached hydrogen (secondary N) is 2. The second-order valence-corrected chi connectivity index (χ2v) is 6.13. The molecule has 0 bridgehead atoms. The van der Waals surface area contributed by atoms with Crippen molar-refractivity contribution >= 4 is 17.5 Å². The van der Waals surface area contributed by atoms with Crippen LogP contribution < -0.4 is 10.6 Å². The Morgan fingerprint density at radius 2 is 2.12 bits per heavy atom. The molecule has 2 N–H and O–H groups in total. The Morgan fingerprint density at radius 1 is 1.33 bits per heavy atom. The molecule has 1 heterocycles. The van der Waals surface area contributed by atoms with Crippen LogP contribution >= 0.6 is 0 Å². The Balaban J connectivity index is 1.74. The molecule has 0 saturated carbocycles. The summed E-state index contributed by atoms with van der Waals surface area (Å²) in [5.74, 6) is -1.65. The molecule has 7 heteroatoms. The minimum atomic E-state index is -0.765. The van der Waals surface area contributed by atoms with Crippen molar-refractivity contribution in [1.82, 2.24) is 15.1 Å². The van der Waals surface area contributed by atoms with E-state index in [4.69, 9.17) is 0 Å². The molecule has 24 heavy (non-hydrogen) atoms. The number of fused-ring (bicyclic) bond motifs is 1. The smallest absolute Gasteiger partial charge is 0.313 e. The molecule has 0 radical (unpaired) electrons. The van der Waals surface area contributed by atoms with Gasteiger partial charge in [0.15, 0.2) is 0 Å². The third kappa shape index (κ3) is 3.15. The van der Waals surface area contributed by atoms with Crippen LogP contribution in [0.5, 0.6) is 0 Å². The van der Waals surface area contributed by atoms with E-state index >= 15 is 0 Å². The van der Waals surface area contributed by atoms with Crippen molar-refractivity contribution in [1.29, 1.82) is 0 Å². The van der Waals surface area contributed by atoms with Crippen LogP contribution in [-0.2, 0) is 23.1 Å². The predicted molar refractivity (Wildman–Crippen MR) is 86.6 cm³/mol. The average Bonchev–Trinajstić information content (AvgIpc) is 2.95. The molecule has 1 aliphatic rings. The topological polar surface area (TPSA) is 76.0 Å². The van der Waals surface area contributed by atoms with Gasteiger partial charge in [0.05, 0.1) is 17.9 Å². The van der Waals surface area contributed by atoms with Crippen molar-refractivity contribution in [2.45, 2.75) is 25.8 Å². The number of amides is 2. The minimum absolute atomic E-state index is 0.120. The highest BCUT2D eigenvalue weighted by molar-refractivity contribution is 6.39. The van der Waals surface area contributed by atoms with Crippen LogP contribution in [0.1, 0.15) is 30.5 Å². The molecule has 2 atom stereocenters. The first-order valence-electron chi connectivity index (χ1n) is 7.83. The number of carbonyl (C=O) groups is 2. The number of halogens is 1. The summed E-state index contributed by atoms with van der Waals surface area (Å²) < 4.78 is 15.5. The van der Waals surface area contributed by atoms with Gasteiger partial charge in [0, 0.05) is 13.2 Å². The van der Waals surface area contributed by atoms with Crippen LogP contribution in [0.4, 0.5) is 10.1 Å². The molecule has 3 rings (SSSR count). The first kappa shape index (κ1) is 16.2. The second-order valence-electron chi connectivity index (χ2n) is 6.13. The minimum Gasteiger partial charge on any atom is -0.341 e. The van der Waals surface area contributed by atoms with E-state index in [1.54, 1.807) is 25.4 Å². The van der Waals surface area contributed by atoms with E-state index in [0.29, 0.717) is 17.7 Å². The molecule has 6 nitrogen and oxygen atoms in total. The summed E-state index contributed by atoms with van der Waals surface area (Å²) in [6, 6.07) is 4.47. The highest BCUT2D eigenvalue weighted by atomic mass is 19.1. The number of hydrogen-bond acceptors (Lipinski definition) is 3. The fourth-order valence-corrected chi connectivity index (χ4v) is 3.08. The third-order valence-corrected chi connectivity index (χ3v) is 4.36. The predicted octanol–water partition coefficient (Wildman–Crippen LogP) is 1.94. The molecule has 1 aromatic carbocycles. The van der Waals surface area contributed by atoms with E-state index in [1.807, 2.05) is 6.92 Å². The van der Waals surface area contributed by atoms with Gasteiger partial charge in [0.25, 0.3) is 0 Å². The normalized spacial score (nSPS) is 19.5. The van der Waals surface area contributed by atoms with Crippen molar-refractivity contribution in [3.63, 3.8) is 0 Å². The summed E-state index contributed by atoms with van der Waals surface area (Å²) in [6.45, 7) is 1.98. The summed E-state index contributed by atoms with van der Waals surface area (Å²) >= 11 is 0. The number of rotatable bonds is 2. The Kier molecular flexibility index (Phi) is 4.33. The zero-order chi connectivity index (χ0) is 17.3. The molecule has 2 amide bonds. The quantitative estimate of drug-likeness (QED) is 0.826. The zero-order valence-electron chi connectivity index (χ0n) is 13.5. The van der Waals surface area contributed by atoms with Crippen LogP contribution in [0.25, 0.3) is 0 Å². The summed E-state index contributed by atoms with van der Waals surface area (Å²) in [6.07, 6.45) is 4.44. The highest BCUT2D eigenvalue weighted by Crippen LogP contribution is 2.35. The average molecular weight is 330 g/mol. The number of benzene rings is 1. The van der Waals surface area contributed by atoms with Crippen LogP contribution in [0.2, 0.25) is 0 Å². The zero-order valence-corrected chi connectivity index (χ0v) is 13.5. The molecule has 0 aliphatic heterocycles. The first-order valence-corrected chi connectivity index (χ1v) is 7.83. The van der Waals surface area contributed by atoms with E-state index in [1.165, 1.54) is 16.9 Å². The maximum atomic E-state index is 14.0. The standard InChI is InChI=1S/C17H19FN4O2/c1-10-6-7-12-13(4-3-5-14(12)18)15(10)21-17(24)16(23)20-11-8-19-22(2)9-11/h3-5,8-10,15H,6-7H2,1-2H3,(H,20,23)(H,21,24)/t10-,15-/m1/s1. The van der Waals surface area contributed by atoms with Gasteiger partial charge in [-0.2, -0.15) is 5.10 Å². The fraction of sp³-hybridized carbons (Fsp3) is 0.353.